The van der Waals surface area contributed by atoms with Crippen molar-refractivity contribution in [2.75, 3.05) is 11.9 Å². The van der Waals surface area contributed by atoms with E-state index in [0.717, 1.165) is 12.6 Å². The van der Waals surface area contributed by atoms with Crippen LogP contribution in [0, 0.1) is 9.54 Å². The van der Waals surface area contributed by atoms with E-state index in [-0.39, 0.29) is 0 Å². The van der Waals surface area contributed by atoms with Crippen molar-refractivity contribution in [1.82, 2.24) is 14.8 Å². The molecule has 0 bridgehead atoms. The highest BCUT2D eigenvalue weighted by atomic mass is 32.1. The number of nitrogens with one attached hydrogen (secondary N) is 2. The molecule has 0 fully saturated rings. The highest BCUT2D eigenvalue weighted by Gasteiger charge is 2.33. The summed E-state index contributed by atoms with van der Waals surface area (Å²) in [6, 6.07) is 12.3. The fourth-order valence-electron chi connectivity index (χ4n) is 3.08. The minimum atomic E-state index is -1.67. The summed E-state index contributed by atoms with van der Waals surface area (Å²) in [5.41, 5.74) is 1.75. The van der Waals surface area contributed by atoms with Gasteiger partial charge in [-0.3, -0.25) is 19.6 Å². The molecular formula is C21H21N5O5S2. The minimum absolute atomic E-state index is 0.385. The average Bonchev–Trinajstić information content (AvgIpc) is 3.11. The Morgan fingerprint density at radius 2 is 1.82 bits per heavy atom. The van der Waals surface area contributed by atoms with E-state index in [0.29, 0.717) is 26.7 Å². The van der Waals surface area contributed by atoms with Crippen molar-refractivity contribution in [3.05, 3.63) is 58.1 Å². The van der Waals surface area contributed by atoms with Crippen molar-refractivity contribution >= 4 is 54.0 Å². The predicted molar refractivity (Wildman–Crippen MR) is 128 cm³/mol. The molecular weight excluding hydrogens is 466 g/mol. The Morgan fingerprint density at radius 3 is 2.45 bits per heavy atom. The minimum Gasteiger partial charge on any atom is -0.480 e. The quantitative estimate of drug-likeness (QED) is 0.205. The summed E-state index contributed by atoms with van der Waals surface area (Å²) in [6.45, 7) is 1.14. The summed E-state index contributed by atoms with van der Waals surface area (Å²) in [5, 5.41) is 25.0. The van der Waals surface area contributed by atoms with E-state index < -0.39 is 23.9 Å². The number of aliphatic imine (C=N–C) groups is 1. The number of H-pyrrole nitrogens is 2. The first-order valence-corrected chi connectivity index (χ1v) is 10.4. The number of aromatic amines is 2. The van der Waals surface area contributed by atoms with Gasteiger partial charge in [-0.25, -0.2) is 9.79 Å². The number of rotatable bonds is 9. The maximum Gasteiger partial charge on any atom is 0.329 e. The van der Waals surface area contributed by atoms with Crippen LogP contribution < -0.4 is 9.64 Å². The zero-order chi connectivity index (χ0) is 24.1. The van der Waals surface area contributed by atoms with Gasteiger partial charge in [-0.05, 0) is 61.7 Å². The molecule has 0 saturated heterocycles. The van der Waals surface area contributed by atoms with Crippen LogP contribution in [0.15, 0.2) is 53.5 Å². The van der Waals surface area contributed by atoms with Crippen LogP contribution in [0.5, 0.6) is 5.75 Å². The van der Waals surface area contributed by atoms with Gasteiger partial charge in [0.15, 0.2) is 27.8 Å². The molecule has 0 aliphatic carbocycles. The van der Waals surface area contributed by atoms with Gasteiger partial charge in [0.05, 0.1) is 11.4 Å². The molecule has 1 aromatic heterocycles. The van der Waals surface area contributed by atoms with Crippen molar-refractivity contribution < 1.29 is 24.5 Å². The lowest BCUT2D eigenvalue weighted by Crippen LogP contribution is -2.50. The first kappa shape index (κ1) is 24.0. The molecule has 3 aromatic rings. The molecule has 0 aliphatic heterocycles. The van der Waals surface area contributed by atoms with Crippen molar-refractivity contribution in [1.29, 1.82) is 0 Å². The van der Waals surface area contributed by atoms with Gasteiger partial charge in [-0.15, -0.1) is 0 Å². The number of carboxylic acids is 1. The number of hydrogen-bond donors (Lipinski definition) is 4. The van der Waals surface area contributed by atoms with E-state index in [1.807, 2.05) is 6.07 Å². The Kier molecular flexibility index (Phi) is 7.53. The molecule has 10 nitrogen and oxygen atoms in total. The van der Waals surface area contributed by atoms with E-state index in [2.05, 4.69) is 15.2 Å². The number of likely N-dealkylation sites (N-methyl/N-ethyl adjacent to an activating group) is 1. The Labute approximate surface area is 198 Å². The van der Waals surface area contributed by atoms with Crippen molar-refractivity contribution in [3.63, 3.8) is 0 Å². The maximum atomic E-state index is 11.6. The molecule has 0 aliphatic rings. The van der Waals surface area contributed by atoms with Crippen LogP contribution in [-0.2, 0) is 9.59 Å². The number of aliphatic carboxylic acids is 1. The Bertz CT molecular complexity index is 1280. The maximum absolute atomic E-state index is 11.6. The Balaban J connectivity index is 1.77. The van der Waals surface area contributed by atoms with Crippen LogP contribution in [0.1, 0.15) is 6.92 Å². The van der Waals surface area contributed by atoms with Crippen LogP contribution in [0.2, 0.25) is 0 Å². The zero-order valence-corrected chi connectivity index (χ0v) is 19.3. The van der Waals surface area contributed by atoms with E-state index in [1.165, 1.54) is 18.3 Å². The van der Waals surface area contributed by atoms with Gasteiger partial charge in [-0.1, -0.05) is 12.1 Å². The summed E-state index contributed by atoms with van der Waals surface area (Å²) in [5.74, 6) is -1.58. The van der Waals surface area contributed by atoms with Crippen molar-refractivity contribution in [2.24, 2.45) is 4.99 Å². The number of aliphatic hydroxyl groups excluding tert-OH is 1. The van der Waals surface area contributed by atoms with Gasteiger partial charge in [-0.2, -0.15) is 0 Å². The summed E-state index contributed by atoms with van der Waals surface area (Å²) in [4.78, 5) is 28.7. The number of Topliss-reactive ketones (excluding diaryl/α,β-unsaturated/α-hetero) is 1. The third kappa shape index (κ3) is 5.61. The molecule has 1 heterocycles. The summed E-state index contributed by atoms with van der Waals surface area (Å²) < 4.78 is 8.07. The lowest BCUT2D eigenvalue weighted by molar-refractivity contribution is -0.144. The predicted octanol–water partition coefficient (Wildman–Crippen LogP) is 3.17. The van der Waals surface area contributed by atoms with Crippen LogP contribution in [0.25, 0.3) is 5.69 Å². The van der Waals surface area contributed by atoms with Gasteiger partial charge in [0.25, 0.3) is 0 Å². The normalized spacial score (nSPS) is 12.9. The number of carbonyl (C=O) groups is 2. The number of nitrogens with zero attached hydrogens (tertiary/aromatic N) is 3. The van der Waals surface area contributed by atoms with Crippen LogP contribution >= 0.6 is 24.4 Å². The third-order valence-corrected chi connectivity index (χ3v) is 5.34. The topological polar surface area (TPSA) is 136 Å². The molecule has 172 valence electrons. The molecule has 33 heavy (non-hydrogen) atoms. The molecule has 3 rings (SSSR count). The first-order chi connectivity index (χ1) is 15.7. The molecule has 2 atom stereocenters. The number of hydrogen-bond acceptors (Lipinski definition) is 8. The fraction of sp³-hybridized carbons (Fsp3) is 0.190. The highest BCUT2D eigenvalue weighted by Crippen LogP contribution is 2.23. The lowest BCUT2D eigenvalue weighted by atomic mass is 10.1. The average molecular weight is 488 g/mol. The zero-order valence-electron chi connectivity index (χ0n) is 17.6. The lowest BCUT2D eigenvalue weighted by Gasteiger charge is -2.29. The number of ether oxygens (including phenoxy) is 1. The number of carbonyl (C=O) groups excluding carboxylic acids is 1. The Morgan fingerprint density at radius 1 is 1.15 bits per heavy atom. The largest absolute Gasteiger partial charge is 0.480 e. The van der Waals surface area contributed by atoms with Crippen LogP contribution in [-0.4, -0.2) is 62.3 Å². The molecule has 2 aromatic carbocycles. The standard InChI is InChI=1S/C21H21N5O5S2/c1-12(27)18(28)17(19(29)30)25(2)14-6-4-8-16(10-14)31-11-22-13-5-3-7-15(9-13)26-20(32)23-24-21(26)33/h3-11,17-18,28H,1-2H3,(H,23,32)(H,24,33)(H,29,30). The van der Waals surface area contributed by atoms with E-state index in [4.69, 9.17) is 29.2 Å². The molecule has 4 N–H and O–H groups in total. The Hall–Kier alpha value is -3.61. The highest BCUT2D eigenvalue weighted by molar-refractivity contribution is 7.72. The van der Waals surface area contributed by atoms with E-state index >= 15 is 0 Å². The SMILES string of the molecule is CC(=O)C(O)C(C(=O)O)N(C)c1cccc(OC=Nc2cccc(-n3c(=S)[nH][nH]c3=S)c2)c1. The van der Waals surface area contributed by atoms with Gasteiger partial charge >= 0.3 is 5.97 Å². The van der Waals surface area contributed by atoms with Crippen molar-refractivity contribution in [2.45, 2.75) is 19.1 Å². The summed E-state index contributed by atoms with van der Waals surface area (Å²) in [7, 11) is 1.47. The van der Waals surface area contributed by atoms with E-state index in [9.17, 15) is 19.8 Å². The number of anilines is 1. The van der Waals surface area contributed by atoms with Gasteiger partial charge in [0.1, 0.15) is 11.9 Å². The van der Waals surface area contributed by atoms with Crippen molar-refractivity contribution in [3.8, 4) is 11.4 Å². The fourth-order valence-corrected chi connectivity index (χ4v) is 3.63. The molecule has 12 heteroatoms. The molecule has 0 spiro atoms. The number of carboxylic acid groups (broad SMARTS) is 1. The van der Waals surface area contributed by atoms with Gasteiger partial charge in [0.2, 0.25) is 0 Å². The number of benzene rings is 2. The first-order valence-electron chi connectivity index (χ1n) is 9.62. The van der Waals surface area contributed by atoms with Crippen LogP contribution in [0.3, 0.4) is 0 Å². The summed E-state index contributed by atoms with van der Waals surface area (Å²) >= 11 is 10.4. The number of ketones is 1. The second-order valence-electron chi connectivity index (χ2n) is 7.01. The second-order valence-corrected chi connectivity index (χ2v) is 7.79. The second kappa shape index (κ2) is 10.3. The molecule has 0 saturated carbocycles. The number of aliphatic hydroxyl groups is 1. The molecule has 0 radical (unpaired) electrons. The monoisotopic (exact) mass is 487 g/mol. The number of aromatic nitrogens is 3. The van der Waals surface area contributed by atoms with Gasteiger partial charge < -0.3 is 19.8 Å². The van der Waals surface area contributed by atoms with E-state index in [1.54, 1.807) is 47.0 Å². The molecule has 2 unspecified atom stereocenters. The third-order valence-electron chi connectivity index (χ3n) is 4.77. The summed E-state index contributed by atoms with van der Waals surface area (Å²) in [6.07, 6.45) is -0.429. The molecule has 0 amide bonds. The van der Waals surface area contributed by atoms with Crippen LogP contribution in [0.4, 0.5) is 11.4 Å². The smallest absolute Gasteiger partial charge is 0.329 e. The van der Waals surface area contributed by atoms with Gasteiger partial charge in [0, 0.05) is 18.8 Å².